The first kappa shape index (κ1) is 62.0. The summed E-state index contributed by atoms with van der Waals surface area (Å²) in [5, 5.41) is 21.9. The molecule has 1 amide bonds. The van der Waals surface area contributed by atoms with E-state index in [1.54, 1.807) is 0 Å². The van der Waals surface area contributed by atoms with E-state index in [0.717, 1.165) is 44.9 Å². The summed E-state index contributed by atoms with van der Waals surface area (Å²) < 4.78 is 27.0. The Balaban J connectivity index is 3.79. The molecule has 0 aromatic carbocycles. The number of nitrogens with one attached hydrogen (secondary N) is 1. The molecule has 0 saturated carbocycles. The second-order valence-electron chi connectivity index (χ2n) is 18.1. The van der Waals surface area contributed by atoms with Crippen LogP contribution in [0.5, 0.6) is 0 Å². The zero-order chi connectivity index (χ0) is 47.0. The Kier molecular flexibility index (Phi) is 45.9. The molecule has 0 aromatic heterocycles. The number of amides is 1. The highest BCUT2D eigenvalue weighted by atomic mass is 31.2. The van der Waals surface area contributed by atoms with Gasteiger partial charge in [0.25, 0.3) is 0 Å². The van der Waals surface area contributed by atoms with Crippen LogP contribution in [0.3, 0.4) is 0 Å². The summed E-state index contributed by atoms with van der Waals surface area (Å²) in [6.07, 6.45) is 52.0. The number of aliphatic hydroxyl groups excluding tert-OH is 1. The van der Waals surface area contributed by atoms with E-state index >= 15 is 0 Å². The third-order valence-electron chi connectivity index (χ3n) is 11.7. The maximum absolute atomic E-state index is 12.4. The summed E-state index contributed by atoms with van der Waals surface area (Å²) in [6.45, 7) is 2.62. The van der Waals surface area contributed by atoms with Gasteiger partial charge in [0.15, 0.2) is 6.04 Å². The summed E-state index contributed by atoms with van der Waals surface area (Å²) in [5.74, 6) is -2.36. The second kappa shape index (κ2) is 47.5. The van der Waals surface area contributed by atoms with Gasteiger partial charge in [-0.3, -0.25) is 18.6 Å². The first-order valence-corrected chi connectivity index (χ1v) is 27.9. The highest BCUT2D eigenvalue weighted by molar-refractivity contribution is 7.47. The quantitative estimate of drug-likeness (QED) is 0.0199. The summed E-state index contributed by atoms with van der Waals surface area (Å²) in [7, 11) is -4.76. The van der Waals surface area contributed by atoms with Crippen molar-refractivity contribution in [2.75, 3.05) is 19.8 Å². The SMILES string of the molecule is CCCCC/C=C\C/C=C\CCCCCCCCCCCCCC(=O)OCC(O)COP(=O)(O)OCC(NC(=O)CCCCCCCCCCCCCCCCCCCCC)C(=O)O. The van der Waals surface area contributed by atoms with Crippen molar-refractivity contribution in [3.05, 3.63) is 24.3 Å². The lowest BCUT2D eigenvalue weighted by Crippen LogP contribution is -2.43. The molecule has 4 N–H and O–H groups in total. The second-order valence-corrected chi connectivity index (χ2v) is 19.5. The van der Waals surface area contributed by atoms with Crippen molar-refractivity contribution in [3.63, 3.8) is 0 Å². The number of unbranched alkanes of at least 4 members (excludes halogenated alkanes) is 32. The number of phosphoric acid groups is 1. The van der Waals surface area contributed by atoms with E-state index < -0.39 is 57.6 Å². The Morgan fingerprint density at radius 2 is 0.859 bits per heavy atom. The van der Waals surface area contributed by atoms with Gasteiger partial charge >= 0.3 is 19.8 Å². The molecular weight excluding hydrogens is 830 g/mol. The summed E-state index contributed by atoms with van der Waals surface area (Å²) in [5.41, 5.74) is 0. The summed E-state index contributed by atoms with van der Waals surface area (Å²) in [6, 6.07) is -1.54. The molecule has 0 aliphatic heterocycles. The number of allylic oxidation sites excluding steroid dienone is 4. The molecule has 0 bridgehead atoms. The van der Waals surface area contributed by atoms with E-state index in [9.17, 15) is 34.1 Å². The van der Waals surface area contributed by atoms with Gasteiger partial charge in [-0.15, -0.1) is 0 Å². The Bertz CT molecular complexity index is 1180. The van der Waals surface area contributed by atoms with Crippen LogP contribution in [0.25, 0.3) is 0 Å². The Hall–Kier alpha value is -2.04. The topological polar surface area (TPSA) is 169 Å². The van der Waals surface area contributed by atoms with Gasteiger partial charge in [0.1, 0.15) is 12.7 Å². The van der Waals surface area contributed by atoms with Crippen molar-refractivity contribution in [2.24, 2.45) is 0 Å². The van der Waals surface area contributed by atoms with Gasteiger partial charge in [-0.2, -0.15) is 0 Å². The number of aliphatic hydroxyl groups is 1. The molecule has 64 heavy (non-hydrogen) atoms. The Morgan fingerprint density at radius 1 is 0.500 bits per heavy atom. The van der Waals surface area contributed by atoms with Crippen LogP contribution in [-0.4, -0.2) is 64.9 Å². The van der Waals surface area contributed by atoms with Crippen LogP contribution in [-0.2, 0) is 32.7 Å². The van der Waals surface area contributed by atoms with Crippen molar-refractivity contribution in [1.82, 2.24) is 5.32 Å². The van der Waals surface area contributed by atoms with Crippen molar-refractivity contribution in [3.8, 4) is 0 Å². The monoisotopic (exact) mass is 928 g/mol. The van der Waals surface area contributed by atoms with Crippen molar-refractivity contribution in [2.45, 2.75) is 270 Å². The number of carboxylic acids is 1. The molecule has 3 unspecified atom stereocenters. The highest BCUT2D eigenvalue weighted by Gasteiger charge is 2.28. The summed E-state index contributed by atoms with van der Waals surface area (Å²) >= 11 is 0. The lowest BCUT2D eigenvalue weighted by molar-refractivity contribution is -0.147. The van der Waals surface area contributed by atoms with Crippen molar-refractivity contribution in [1.29, 1.82) is 0 Å². The highest BCUT2D eigenvalue weighted by Crippen LogP contribution is 2.43. The molecule has 0 saturated heterocycles. The van der Waals surface area contributed by atoms with Crippen LogP contribution in [0.15, 0.2) is 24.3 Å². The van der Waals surface area contributed by atoms with Gasteiger partial charge in [-0.05, 0) is 44.9 Å². The van der Waals surface area contributed by atoms with E-state index in [-0.39, 0.29) is 12.8 Å². The molecule has 0 heterocycles. The van der Waals surface area contributed by atoms with Crippen molar-refractivity contribution >= 4 is 25.7 Å². The molecule has 0 radical (unpaired) electrons. The van der Waals surface area contributed by atoms with Crippen LogP contribution < -0.4 is 5.32 Å². The molecule has 0 aliphatic carbocycles. The molecule has 0 rings (SSSR count). The number of rotatable bonds is 50. The fraction of sp³-hybridized carbons (Fsp3) is 0.865. The normalized spacial score (nSPS) is 13.7. The molecule has 376 valence electrons. The van der Waals surface area contributed by atoms with Gasteiger partial charge in [0.05, 0.1) is 13.2 Å². The van der Waals surface area contributed by atoms with E-state index in [0.29, 0.717) is 12.8 Å². The number of phosphoric ester groups is 1. The number of ether oxygens (including phenoxy) is 1. The minimum absolute atomic E-state index is 0.151. The molecule has 11 nitrogen and oxygen atoms in total. The van der Waals surface area contributed by atoms with Crippen LogP contribution in [0.4, 0.5) is 0 Å². The standard InChI is InChI=1S/C52H98NO10P/c1-3-5-7-9-11-13-15-17-19-21-23-24-26-28-30-32-34-36-38-40-42-44-51(56)61-45-48(54)46-62-64(59,60)63-47-49(52(57)58)53-50(55)43-41-39-37-35-33-31-29-27-25-22-20-18-16-14-12-10-8-6-4-2/h11,13,17,19,48-49,54H,3-10,12,14-16,18,20-47H2,1-2H3,(H,53,55)(H,57,58)(H,59,60)/b13-11-,19-17-. The number of aliphatic carboxylic acids is 1. The van der Waals surface area contributed by atoms with Gasteiger partial charge < -0.3 is 25.2 Å². The fourth-order valence-corrected chi connectivity index (χ4v) is 8.41. The zero-order valence-electron chi connectivity index (χ0n) is 41.1. The zero-order valence-corrected chi connectivity index (χ0v) is 42.0. The third-order valence-corrected chi connectivity index (χ3v) is 12.7. The molecular formula is C52H98NO10P. The number of carboxylic acid groups (broad SMARTS) is 1. The number of esters is 1. The first-order chi connectivity index (χ1) is 31.1. The van der Waals surface area contributed by atoms with E-state index in [1.807, 2.05) is 0 Å². The molecule has 12 heteroatoms. The molecule has 0 aromatic rings. The maximum Gasteiger partial charge on any atom is 0.472 e. The Morgan fingerprint density at radius 3 is 1.30 bits per heavy atom. The smallest absolute Gasteiger partial charge is 0.472 e. The molecule has 3 atom stereocenters. The Labute approximate surface area is 391 Å². The predicted octanol–water partition coefficient (Wildman–Crippen LogP) is 14.6. The third kappa shape index (κ3) is 46.5. The van der Waals surface area contributed by atoms with Gasteiger partial charge in [-0.25, -0.2) is 9.36 Å². The maximum atomic E-state index is 12.4. The summed E-state index contributed by atoms with van der Waals surface area (Å²) in [4.78, 5) is 46.1. The van der Waals surface area contributed by atoms with Crippen LogP contribution in [0.1, 0.15) is 258 Å². The molecule has 0 fully saturated rings. The van der Waals surface area contributed by atoms with Crippen molar-refractivity contribution < 1.29 is 47.8 Å². The average Bonchev–Trinajstić information content (AvgIpc) is 3.27. The first-order valence-electron chi connectivity index (χ1n) is 26.4. The number of hydrogen-bond acceptors (Lipinski definition) is 8. The fourth-order valence-electron chi connectivity index (χ4n) is 7.64. The lowest BCUT2D eigenvalue weighted by atomic mass is 10.0. The predicted molar refractivity (Wildman–Crippen MR) is 263 cm³/mol. The molecule has 0 aliphatic rings. The van der Waals surface area contributed by atoms with Crippen LogP contribution in [0, 0.1) is 0 Å². The van der Waals surface area contributed by atoms with E-state index in [4.69, 9.17) is 13.8 Å². The average molecular weight is 928 g/mol. The number of hydrogen-bond donors (Lipinski definition) is 4. The number of carbonyl (C=O) groups excluding carboxylic acids is 2. The van der Waals surface area contributed by atoms with Gasteiger partial charge in [0, 0.05) is 12.8 Å². The van der Waals surface area contributed by atoms with Gasteiger partial charge in [-0.1, -0.05) is 224 Å². The van der Waals surface area contributed by atoms with E-state index in [2.05, 4.69) is 43.5 Å². The molecule has 0 spiro atoms. The minimum Gasteiger partial charge on any atom is -0.480 e. The largest absolute Gasteiger partial charge is 0.480 e. The van der Waals surface area contributed by atoms with Gasteiger partial charge in [0.2, 0.25) is 5.91 Å². The van der Waals surface area contributed by atoms with Crippen LogP contribution in [0.2, 0.25) is 0 Å². The minimum atomic E-state index is -4.76. The van der Waals surface area contributed by atoms with Crippen LogP contribution >= 0.6 is 7.82 Å². The number of carbonyl (C=O) groups is 3. The lowest BCUT2D eigenvalue weighted by Gasteiger charge is -2.18. The van der Waals surface area contributed by atoms with E-state index in [1.165, 1.54) is 173 Å².